The molecule has 0 bridgehead atoms. The molecule has 2 aromatic rings. The van der Waals surface area contributed by atoms with Crippen LogP contribution < -0.4 is 5.32 Å². The molecule has 0 fully saturated rings. The third-order valence-corrected chi connectivity index (χ3v) is 3.67. The Hall–Kier alpha value is -1.39. The Morgan fingerprint density at radius 2 is 1.95 bits per heavy atom. The summed E-state index contributed by atoms with van der Waals surface area (Å²) in [6, 6.07) is 12.4. The van der Waals surface area contributed by atoms with E-state index in [1.807, 2.05) is 24.5 Å². The molecule has 0 saturated heterocycles. The molecule has 2 rings (SSSR count). The highest BCUT2D eigenvalue weighted by Gasteiger charge is 2.00. The maximum absolute atomic E-state index is 4.04. The predicted molar refractivity (Wildman–Crippen MR) is 88.1 cm³/mol. The van der Waals surface area contributed by atoms with E-state index >= 15 is 0 Å². The molecule has 0 amide bonds. The van der Waals surface area contributed by atoms with Crippen LogP contribution in [0.5, 0.6) is 0 Å². The lowest BCUT2D eigenvalue weighted by Gasteiger charge is -2.17. The van der Waals surface area contributed by atoms with Crippen LogP contribution in [-0.4, -0.2) is 36.6 Å². The number of benzene rings is 1. The monoisotopic (exact) mass is 333 g/mol. The first-order chi connectivity index (χ1) is 9.74. The van der Waals surface area contributed by atoms with E-state index in [2.05, 4.69) is 62.4 Å². The van der Waals surface area contributed by atoms with Gasteiger partial charge in [0.1, 0.15) is 0 Å². The van der Waals surface area contributed by atoms with E-state index in [1.165, 1.54) is 5.56 Å². The van der Waals surface area contributed by atoms with E-state index < -0.39 is 0 Å². The summed E-state index contributed by atoms with van der Waals surface area (Å²) < 4.78 is 1.11. The van der Waals surface area contributed by atoms with Crippen molar-refractivity contribution in [2.45, 2.75) is 6.42 Å². The number of hydrogen-bond donors (Lipinski definition) is 1. The smallest absolute Gasteiger partial charge is 0.0351 e. The van der Waals surface area contributed by atoms with Crippen LogP contribution in [-0.2, 0) is 6.42 Å². The van der Waals surface area contributed by atoms with Crippen molar-refractivity contribution >= 4 is 21.6 Å². The highest BCUT2D eigenvalue weighted by molar-refractivity contribution is 9.10. The van der Waals surface area contributed by atoms with Crippen molar-refractivity contribution in [3.63, 3.8) is 0 Å². The van der Waals surface area contributed by atoms with E-state index in [4.69, 9.17) is 0 Å². The maximum atomic E-state index is 4.04. The van der Waals surface area contributed by atoms with Crippen molar-refractivity contribution in [1.29, 1.82) is 0 Å². The molecule has 1 N–H and O–H groups in total. The largest absolute Gasteiger partial charge is 0.384 e. The number of aromatic nitrogens is 1. The van der Waals surface area contributed by atoms with Crippen molar-refractivity contribution < 1.29 is 0 Å². The average Bonchev–Trinajstić information content (AvgIpc) is 2.46. The normalized spacial score (nSPS) is 10.8. The number of likely N-dealkylation sites (N-methyl/N-ethyl adjacent to an activating group) is 1. The van der Waals surface area contributed by atoms with Crippen LogP contribution in [0.15, 0.2) is 53.3 Å². The van der Waals surface area contributed by atoms with Crippen LogP contribution in [0, 0.1) is 0 Å². The number of halogens is 1. The first kappa shape index (κ1) is 15.0. The average molecular weight is 334 g/mol. The van der Waals surface area contributed by atoms with Gasteiger partial charge in [0.05, 0.1) is 0 Å². The molecule has 0 unspecified atom stereocenters. The van der Waals surface area contributed by atoms with Gasteiger partial charge in [0.25, 0.3) is 0 Å². The summed E-state index contributed by atoms with van der Waals surface area (Å²) in [7, 11) is 2.16. The standard InChI is InChI=1S/C16H20BrN3/c1-20(11-7-14-5-8-18-9-6-14)12-10-19-16-4-2-3-15(17)13-16/h2-6,8-9,13,19H,7,10-12H2,1H3. The number of rotatable bonds is 7. The van der Waals surface area contributed by atoms with Crippen LogP contribution in [0.25, 0.3) is 0 Å². The van der Waals surface area contributed by atoms with E-state index in [9.17, 15) is 0 Å². The van der Waals surface area contributed by atoms with Gasteiger partial charge < -0.3 is 10.2 Å². The fourth-order valence-corrected chi connectivity index (χ4v) is 2.37. The molecular weight excluding hydrogens is 314 g/mol. The Kier molecular flexibility index (Phi) is 6.02. The van der Waals surface area contributed by atoms with E-state index in [1.54, 1.807) is 0 Å². The van der Waals surface area contributed by atoms with E-state index in [0.29, 0.717) is 0 Å². The molecule has 0 saturated carbocycles. The number of nitrogens with zero attached hydrogens (tertiary/aromatic N) is 2. The molecular formula is C16H20BrN3. The lowest BCUT2D eigenvalue weighted by Crippen LogP contribution is -2.27. The minimum atomic E-state index is 0.948. The Morgan fingerprint density at radius 3 is 2.70 bits per heavy atom. The fourth-order valence-electron chi connectivity index (χ4n) is 1.97. The summed E-state index contributed by atoms with van der Waals surface area (Å²) in [5.41, 5.74) is 2.49. The van der Waals surface area contributed by atoms with Gasteiger partial charge in [-0.25, -0.2) is 0 Å². The van der Waals surface area contributed by atoms with Crippen LogP contribution >= 0.6 is 15.9 Å². The molecule has 1 aromatic carbocycles. The Labute approximate surface area is 129 Å². The molecule has 0 aliphatic heterocycles. The minimum Gasteiger partial charge on any atom is -0.384 e. The summed E-state index contributed by atoms with van der Waals surface area (Å²) in [5, 5.41) is 3.43. The van der Waals surface area contributed by atoms with Crippen LogP contribution in [0.2, 0.25) is 0 Å². The Balaban J connectivity index is 1.66. The second-order valence-electron chi connectivity index (χ2n) is 4.85. The molecule has 0 aliphatic carbocycles. The number of hydrogen-bond acceptors (Lipinski definition) is 3. The summed E-state index contributed by atoms with van der Waals surface area (Å²) in [5.74, 6) is 0. The minimum absolute atomic E-state index is 0.948. The quantitative estimate of drug-likeness (QED) is 0.841. The molecule has 4 heteroatoms. The molecule has 20 heavy (non-hydrogen) atoms. The SMILES string of the molecule is CN(CCNc1cccc(Br)c1)CCc1ccncc1. The third-order valence-electron chi connectivity index (χ3n) is 3.18. The van der Waals surface area contributed by atoms with Crippen LogP contribution in [0.1, 0.15) is 5.56 Å². The van der Waals surface area contributed by atoms with E-state index in [-0.39, 0.29) is 0 Å². The highest BCUT2D eigenvalue weighted by Crippen LogP contribution is 2.15. The highest BCUT2D eigenvalue weighted by atomic mass is 79.9. The van der Waals surface area contributed by atoms with Gasteiger partial charge in [-0.15, -0.1) is 0 Å². The van der Waals surface area contributed by atoms with Gasteiger partial charge in [0, 0.05) is 42.2 Å². The lowest BCUT2D eigenvalue weighted by molar-refractivity contribution is 0.351. The summed E-state index contributed by atoms with van der Waals surface area (Å²) in [4.78, 5) is 6.37. The van der Waals surface area contributed by atoms with Gasteiger partial charge in [-0.3, -0.25) is 4.98 Å². The maximum Gasteiger partial charge on any atom is 0.0351 e. The zero-order valence-corrected chi connectivity index (χ0v) is 13.3. The molecule has 0 spiro atoms. The first-order valence-corrected chi connectivity index (χ1v) is 7.60. The Bertz CT molecular complexity index is 516. The second-order valence-corrected chi connectivity index (χ2v) is 5.76. The molecule has 3 nitrogen and oxygen atoms in total. The van der Waals surface area contributed by atoms with Gasteiger partial charge in [-0.2, -0.15) is 0 Å². The summed E-state index contributed by atoms with van der Waals surface area (Å²) in [6.45, 7) is 3.03. The predicted octanol–water partition coefficient (Wildman–Crippen LogP) is 3.43. The zero-order chi connectivity index (χ0) is 14.2. The fraction of sp³-hybridized carbons (Fsp3) is 0.312. The molecule has 1 aromatic heterocycles. The van der Waals surface area contributed by atoms with Crippen molar-refractivity contribution in [3.8, 4) is 0 Å². The number of anilines is 1. The summed E-state index contributed by atoms with van der Waals surface area (Å²) >= 11 is 3.48. The van der Waals surface area contributed by atoms with Gasteiger partial charge >= 0.3 is 0 Å². The molecule has 0 radical (unpaired) electrons. The van der Waals surface area contributed by atoms with Crippen LogP contribution in [0.3, 0.4) is 0 Å². The summed E-state index contributed by atoms with van der Waals surface area (Å²) in [6.07, 6.45) is 4.77. The van der Waals surface area contributed by atoms with Crippen molar-refractivity contribution in [2.24, 2.45) is 0 Å². The van der Waals surface area contributed by atoms with Gasteiger partial charge in [0.15, 0.2) is 0 Å². The Morgan fingerprint density at radius 1 is 1.15 bits per heavy atom. The van der Waals surface area contributed by atoms with E-state index in [0.717, 1.165) is 36.2 Å². The first-order valence-electron chi connectivity index (χ1n) is 6.81. The van der Waals surface area contributed by atoms with Gasteiger partial charge in [-0.05, 0) is 49.4 Å². The third kappa shape index (κ3) is 5.31. The van der Waals surface area contributed by atoms with Crippen molar-refractivity contribution in [3.05, 3.63) is 58.8 Å². The topological polar surface area (TPSA) is 28.2 Å². The molecule has 1 heterocycles. The second kappa shape index (κ2) is 8.02. The van der Waals surface area contributed by atoms with Gasteiger partial charge in [-0.1, -0.05) is 22.0 Å². The van der Waals surface area contributed by atoms with Crippen molar-refractivity contribution in [2.75, 3.05) is 32.0 Å². The van der Waals surface area contributed by atoms with Gasteiger partial charge in [0.2, 0.25) is 0 Å². The molecule has 0 atom stereocenters. The van der Waals surface area contributed by atoms with Crippen molar-refractivity contribution in [1.82, 2.24) is 9.88 Å². The number of pyridine rings is 1. The molecule has 0 aliphatic rings. The number of nitrogens with one attached hydrogen (secondary N) is 1. The van der Waals surface area contributed by atoms with Crippen LogP contribution in [0.4, 0.5) is 5.69 Å². The molecule has 106 valence electrons. The lowest BCUT2D eigenvalue weighted by atomic mass is 10.2. The zero-order valence-electron chi connectivity index (χ0n) is 11.7.